The fourth-order valence-corrected chi connectivity index (χ4v) is 3.07. The minimum Gasteiger partial charge on any atom is -0.303 e. The monoisotopic (exact) mass is 192 g/mol. The van der Waals surface area contributed by atoms with Crippen molar-refractivity contribution in [1.82, 2.24) is 4.90 Å². The first-order valence-electron chi connectivity index (χ1n) is 5.99. The fraction of sp³-hybridized carbons (Fsp3) is 0.917. The molecule has 2 nitrogen and oxygen atoms in total. The lowest BCUT2D eigenvalue weighted by molar-refractivity contribution is 0.299. The van der Waals surface area contributed by atoms with Gasteiger partial charge in [-0.05, 0) is 37.6 Å². The molecule has 0 spiro atoms. The van der Waals surface area contributed by atoms with Gasteiger partial charge in [-0.2, -0.15) is 5.26 Å². The van der Waals surface area contributed by atoms with E-state index in [9.17, 15) is 0 Å². The zero-order valence-corrected chi connectivity index (χ0v) is 8.91. The second-order valence-electron chi connectivity index (χ2n) is 4.83. The van der Waals surface area contributed by atoms with Crippen LogP contribution in [-0.2, 0) is 0 Å². The van der Waals surface area contributed by atoms with Crippen LogP contribution in [-0.4, -0.2) is 24.5 Å². The summed E-state index contributed by atoms with van der Waals surface area (Å²) in [4.78, 5) is 2.58. The SMILES string of the molecule is N#CCCCN1CC2CCCCC2C1. The van der Waals surface area contributed by atoms with Crippen LogP contribution >= 0.6 is 0 Å². The molecule has 1 heterocycles. The summed E-state index contributed by atoms with van der Waals surface area (Å²) in [5, 5.41) is 8.48. The zero-order valence-electron chi connectivity index (χ0n) is 8.91. The molecule has 0 amide bonds. The van der Waals surface area contributed by atoms with Crippen LogP contribution in [0.5, 0.6) is 0 Å². The maximum atomic E-state index is 8.48. The number of fused-ring (bicyclic) bond motifs is 1. The van der Waals surface area contributed by atoms with Crippen molar-refractivity contribution in [3.8, 4) is 6.07 Å². The Hall–Kier alpha value is -0.550. The molecule has 1 saturated carbocycles. The number of rotatable bonds is 3. The molecular weight excluding hydrogens is 172 g/mol. The quantitative estimate of drug-likeness (QED) is 0.642. The maximum Gasteiger partial charge on any atom is 0.0622 e. The summed E-state index contributed by atoms with van der Waals surface area (Å²) in [6.45, 7) is 3.78. The molecule has 2 fully saturated rings. The molecule has 14 heavy (non-hydrogen) atoms. The second kappa shape index (κ2) is 4.79. The van der Waals surface area contributed by atoms with Gasteiger partial charge >= 0.3 is 0 Å². The van der Waals surface area contributed by atoms with E-state index < -0.39 is 0 Å². The molecular formula is C12H20N2. The minimum absolute atomic E-state index is 0.728. The number of hydrogen-bond acceptors (Lipinski definition) is 2. The first-order chi connectivity index (χ1) is 6.90. The van der Waals surface area contributed by atoms with Crippen molar-refractivity contribution in [3.63, 3.8) is 0 Å². The maximum absolute atomic E-state index is 8.48. The summed E-state index contributed by atoms with van der Waals surface area (Å²) in [5.41, 5.74) is 0. The summed E-state index contributed by atoms with van der Waals surface area (Å²) in [5.74, 6) is 1.98. The average molecular weight is 192 g/mol. The number of unbranched alkanes of at least 4 members (excludes halogenated alkanes) is 1. The summed E-state index contributed by atoms with van der Waals surface area (Å²) >= 11 is 0. The third kappa shape index (κ3) is 2.27. The van der Waals surface area contributed by atoms with Crippen LogP contribution in [0.1, 0.15) is 38.5 Å². The Labute approximate surface area is 86.9 Å². The summed E-state index contributed by atoms with van der Waals surface area (Å²) in [6, 6.07) is 2.23. The van der Waals surface area contributed by atoms with Gasteiger partial charge in [0.25, 0.3) is 0 Å². The number of likely N-dealkylation sites (tertiary alicyclic amines) is 1. The van der Waals surface area contributed by atoms with Crippen molar-refractivity contribution in [2.75, 3.05) is 19.6 Å². The molecule has 78 valence electrons. The third-order valence-corrected chi connectivity index (χ3v) is 3.81. The molecule has 2 rings (SSSR count). The van der Waals surface area contributed by atoms with Gasteiger partial charge in [0.2, 0.25) is 0 Å². The molecule has 0 aromatic rings. The normalized spacial score (nSPS) is 32.5. The van der Waals surface area contributed by atoms with Crippen LogP contribution in [0.25, 0.3) is 0 Å². The van der Waals surface area contributed by atoms with Crippen LogP contribution in [0.2, 0.25) is 0 Å². The van der Waals surface area contributed by atoms with Gasteiger partial charge in [0.05, 0.1) is 6.07 Å². The van der Waals surface area contributed by atoms with Crippen LogP contribution in [0.15, 0.2) is 0 Å². The van der Waals surface area contributed by atoms with Gasteiger partial charge in [0, 0.05) is 19.5 Å². The Bertz CT molecular complexity index is 205. The van der Waals surface area contributed by atoms with Crippen LogP contribution in [0.4, 0.5) is 0 Å². The highest BCUT2D eigenvalue weighted by Crippen LogP contribution is 2.35. The van der Waals surface area contributed by atoms with Crippen LogP contribution < -0.4 is 0 Å². The van der Waals surface area contributed by atoms with E-state index in [1.165, 1.54) is 38.8 Å². The van der Waals surface area contributed by atoms with Gasteiger partial charge < -0.3 is 4.90 Å². The highest BCUT2D eigenvalue weighted by molar-refractivity contribution is 4.86. The van der Waals surface area contributed by atoms with E-state index in [0.717, 1.165) is 31.2 Å². The van der Waals surface area contributed by atoms with E-state index in [-0.39, 0.29) is 0 Å². The molecule has 0 radical (unpaired) electrons. The predicted octanol–water partition coefficient (Wildman–Crippen LogP) is 2.41. The van der Waals surface area contributed by atoms with Gasteiger partial charge in [-0.25, -0.2) is 0 Å². The van der Waals surface area contributed by atoms with E-state index in [2.05, 4.69) is 11.0 Å². The zero-order chi connectivity index (χ0) is 9.80. The van der Waals surface area contributed by atoms with Crippen LogP contribution in [0, 0.1) is 23.2 Å². The molecule has 0 bridgehead atoms. The molecule has 2 unspecified atom stereocenters. The highest BCUT2D eigenvalue weighted by atomic mass is 15.1. The predicted molar refractivity (Wildman–Crippen MR) is 56.7 cm³/mol. The Morgan fingerprint density at radius 2 is 1.79 bits per heavy atom. The van der Waals surface area contributed by atoms with Crippen molar-refractivity contribution in [2.24, 2.45) is 11.8 Å². The smallest absolute Gasteiger partial charge is 0.0622 e. The van der Waals surface area contributed by atoms with Crippen molar-refractivity contribution in [2.45, 2.75) is 38.5 Å². The summed E-state index contributed by atoms with van der Waals surface area (Å²) in [7, 11) is 0. The van der Waals surface area contributed by atoms with Gasteiger partial charge in [0.15, 0.2) is 0 Å². The lowest BCUT2D eigenvalue weighted by Gasteiger charge is -2.23. The van der Waals surface area contributed by atoms with E-state index in [4.69, 9.17) is 5.26 Å². The second-order valence-corrected chi connectivity index (χ2v) is 4.83. The van der Waals surface area contributed by atoms with Crippen molar-refractivity contribution < 1.29 is 0 Å². The Morgan fingerprint density at radius 1 is 1.14 bits per heavy atom. The molecule has 0 aromatic heterocycles. The number of nitrogens with zero attached hydrogens (tertiary/aromatic N) is 2. The van der Waals surface area contributed by atoms with Crippen molar-refractivity contribution in [3.05, 3.63) is 0 Å². The van der Waals surface area contributed by atoms with Crippen molar-refractivity contribution in [1.29, 1.82) is 5.26 Å². The Balaban J connectivity index is 1.73. The highest BCUT2D eigenvalue weighted by Gasteiger charge is 2.33. The summed E-state index contributed by atoms with van der Waals surface area (Å²) in [6.07, 6.45) is 7.61. The first-order valence-corrected chi connectivity index (χ1v) is 5.99. The Kier molecular flexibility index (Phi) is 3.42. The largest absolute Gasteiger partial charge is 0.303 e. The molecule has 2 atom stereocenters. The number of nitriles is 1. The van der Waals surface area contributed by atoms with E-state index >= 15 is 0 Å². The molecule has 1 saturated heterocycles. The molecule has 1 aliphatic heterocycles. The third-order valence-electron chi connectivity index (χ3n) is 3.81. The number of hydrogen-bond donors (Lipinski definition) is 0. The van der Waals surface area contributed by atoms with Crippen LogP contribution in [0.3, 0.4) is 0 Å². The standard InChI is InChI=1S/C12H20N2/c13-7-3-4-8-14-9-11-5-1-2-6-12(11)10-14/h11-12H,1-6,8-10H2. The molecule has 0 aromatic carbocycles. The lowest BCUT2D eigenvalue weighted by Crippen LogP contribution is -2.21. The summed E-state index contributed by atoms with van der Waals surface area (Å²) < 4.78 is 0. The molecule has 2 heteroatoms. The first kappa shape index (κ1) is 9.98. The van der Waals surface area contributed by atoms with Gasteiger partial charge in [-0.15, -0.1) is 0 Å². The minimum atomic E-state index is 0.728. The topological polar surface area (TPSA) is 27.0 Å². The van der Waals surface area contributed by atoms with Gasteiger partial charge in [-0.3, -0.25) is 0 Å². The lowest BCUT2D eigenvalue weighted by atomic mass is 9.82. The Morgan fingerprint density at radius 3 is 2.36 bits per heavy atom. The van der Waals surface area contributed by atoms with E-state index in [1.54, 1.807) is 0 Å². The molecule has 0 N–H and O–H groups in total. The molecule has 2 aliphatic rings. The fourth-order valence-electron chi connectivity index (χ4n) is 3.07. The van der Waals surface area contributed by atoms with Crippen molar-refractivity contribution >= 4 is 0 Å². The average Bonchev–Trinajstić information content (AvgIpc) is 2.60. The molecule has 1 aliphatic carbocycles. The van der Waals surface area contributed by atoms with Gasteiger partial charge in [0.1, 0.15) is 0 Å². The van der Waals surface area contributed by atoms with Gasteiger partial charge in [-0.1, -0.05) is 12.8 Å². The van der Waals surface area contributed by atoms with E-state index in [0.29, 0.717) is 0 Å². The van der Waals surface area contributed by atoms with E-state index in [1.807, 2.05) is 0 Å².